The van der Waals surface area contributed by atoms with Crippen molar-refractivity contribution in [3.05, 3.63) is 23.2 Å². The second kappa shape index (κ2) is 6.41. The summed E-state index contributed by atoms with van der Waals surface area (Å²) in [6.07, 6.45) is 2.25. The highest BCUT2D eigenvalue weighted by Crippen LogP contribution is 2.23. The van der Waals surface area contributed by atoms with Crippen LogP contribution in [-0.2, 0) is 11.3 Å². The second-order valence-electron chi connectivity index (χ2n) is 5.65. The van der Waals surface area contributed by atoms with Gasteiger partial charge < -0.3 is 14.9 Å². The molecular weight excluding hydrogens is 256 g/mol. The number of carbonyl (C=O) groups is 1. The molecule has 2 rings (SSSR count). The van der Waals surface area contributed by atoms with E-state index >= 15 is 0 Å². The van der Waals surface area contributed by atoms with Gasteiger partial charge in [-0.05, 0) is 51.8 Å². The number of piperidine rings is 1. The Balaban J connectivity index is 1.93. The van der Waals surface area contributed by atoms with Crippen LogP contribution in [0.5, 0.6) is 0 Å². The summed E-state index contributed by atoms with van der Waals surface area (Å²) in [7, 11) is 1.38. The Kier molecular flexibility index (Phi) is 4.83. The Morgan fingerprint density at radius 3 is 2.75 bits per heavy atom. The third kappa shape index (κ3) is 3.41. The van der Waals surface area contributed by atoms with Crippen molar-refractivity contribution >= 4 is 5.97 Å². The minimum absolute atomic E-state index is 0.272. The van der Waals surface area contributed by atoms with E-state index in [1.165, 1.54) is 7.11 Å². The van der Waals surface area contributed by atoms with Crippen molar-refractivity contribution in [2.45, 2.75) is 39.3 Å². The molecule has 5 nitrogen and oxygen atoms in total. The Morgan fingerprint density at radius 2 is 2.20 bits per heavy atom. The number of rotatable bonds is 4. The molecule has 112 valence electrons. The standard InChI is InChI=1S/C15H24N2O3/c1-10(16)12-4-6-17(7-5-12)9-13-8-14(11(2)20-13)15(18)19-3/h8,10,12H,4-7,9,16H2,1-3H3. The minimum atomic E-state index is -0.340. The lowest BCUT2D eigenvalue weighted by molar-refractivity contribution is 0.0599. The second-order valence-corrected chi connectivity index (χ2v) is 5.65. The summed E-state index contributed by atoms with van der Waals surface area (Å²) in [4.78, 5) is 13.9. The van der Waals surface area contributed by atoms with Crippen LogP contribution in [0.2, 0.25) is 0 Å². The van der Waals surface area contributed by atoms with Crippen LogP contribution in [0.3, 0.4) is 0 Å². The van der Waals surface area contributed by atoms with Gasteiger partial charge in [0, 0.05) is 6.04 Å². The lowest BCUT2D eigenvalue weighted by Crippen LogP contribution is -2.39. The number of furan rings is 1. The molecule has 0 radical (unpaired) electrons. The van der Waals surface area contributed by atoms with Crippen molar-refractivity contribution < 1.29 is 13.9 Å². The molecule has 2 heterocycles. The molecule has 0 bridgehead atoms. The number of nitrogens with zero attached hydrogens (tertiary/aromatic N) is 1. The molecule has 0 saturated carbocycles. The Morgan fingerprint density at radius 1 is 1.55 bits per heavy atom. The largest absolute Gasteiger partial charge is 0.465 e. The van der Waals surface area contributed by atoms with Crippen LogP contribution in [0.4, 0.5) is 0 Å². The van der Waals surface area contributed by atoms with E-state index in [9.17, 15) is 4.79 Å². The van der Waals surface area contributed by atoms with Gasteiger partial charge in [0.2, 0.25) is 0 Å². The fourth-order valence-corrected chi connectivity index (χ4v) is 2.79. The van der Waals surface area contributed by atoms with E-state index in [-0.39, 0.29) is 12.0 Å². The molecule has 5 heteroatoms. The predicted octanol–water partition coefficient (Wildman–Crippen LogP) is 1.93. The first kappa shape index (κ1) is 15.1. The quantitative estimate of drug-likeness (QED) is 0.854. The van der Waals surface area contributed by atoms with Gasteiger partial charge in [0.25, 0.3) is 0 Å². The summed E-state index contributed by atoms with van der Waals surface area (Å²) in [5.41, 5.74) is 6.47. The van der Waals surface area contributed by atoms with Crippen molar-refractivity contribution in [3.63, 3.8) is 0 Å². The first-order valence-corrected chi connectivity index (χ1v) is 7.16. The van der Waals surface area contributed by atoms with Crippen LogP contribution >= 0.6 is 0 Å². The Labute approximate surface area is 120 Å². The zero-order valence-corrected chi connectivity index (χ0v) is 12.5. The molecule has 0 aromatic carbocycles. The van der Waals surface area contributed by atoms with Crippen molar-refractivity contribution in [2.75, 3.05) is 20.2 Å². The molecule has 0 amide bonds. The van der Waals surface area contributed by atoms with Gasteiger partial charge in [-0.15, -0.1) is 0 Å². The Bertz CT molecular complexity index is 460. The molecule has 1 unspecified atom stereocenters. The van der Waals surface area contributed by atoms with Crippen LogP contribution in [0.15, 0.2) is 10.5 Å². The topological polar surface area (TPSA) is 68.7 Å². The number of likely N-dealkylation sites (tertiary alicyclic amines) is 1. The molecule has 1 aliphatic rings. The summed E-state index contributed by atoms with van der Waals surface area (Å²) in [5, 5.41) is 0. The molecule has 20 heavy (non-hydrogen) atoms. The first-order chi connectivity index (χ1) is 9.51. The Hall–Kier alpha value is -1.33. The zero-order valence-electron chi connectivity index (χ0n) is 12.5. The summed E-state index contributed by atoms with van der Waals surface area (Å²) < 4.78 is 10.4. The fraction of sp³-hybridized carbons (Fsp3) is 0.667. The van der Waals surface area contributed by atoms with E-state index in [1.54, 1.807) is 13.0 Å². The molecular formula is C15H24N2O3. The average Bonchev–Trinajstić information content (AvgIpc) is 2.79. The third-order valence-electron chi connectivity index (χ3n) is 4.13. The number of aryl methyl sites for hydroxylation is 1. The number of nitrogens with two attached hydrogens (primary N) is 1. The molecule has 1 fully saturated rings. The maximum Gasteiger partial charge on any atom is 0.341 e. The smallest absolute Gasteiger partial charge is 0.341 e. The molecule has 2 N–H and O–H groups in total. The van der Waals surface area contributed by atoms with Crippen LogP contribution in [-0.4, -0.2) is 37.1 Å². The minimum Gasteiger partial charge on any atom is -0.465 e. The number of carbonyl (C=O) groups excluding carboxylic acids is 1. The number of esters is 1. The molecule has 1 atom stereocenters. The number of ether oxygens (including phenoxy) is 1. The van der Waals surface area contributed by atoms with Gasteiger partial charge in [-0.2, -0.15) is 0 Å². The van der Waals surface area contributed by atoms with Crippen LogP contribution in [0, 0.1) is 12.8 Å². The fourth-order valence-electron chi connectivity index (χ4n) is 2.79. The van der Waals surface area contributed by atoms with E-state index in [2.05, 4.69) is 11.8 Å². The SMILES string of the molecule is COC(=O)c1cc(CN2CCC(C(C)N)CC2)oc1C. The summed E-state index contributed by atoms with van der Waals surface area (Å²) in [6, 6.07) is 2.06. The molecule has 1 aromatic rings. The van der Waals surface area contributed by atoms with E-state index in [1.807, 2.05) is 0 Å². The lowest BCUT2D eigenvalue weighted by Gasteiger charge is -2.33. The van der Waals surface area contributed by atoms with Gasteiger partial charge in [0.1, 0.15) is 17.1 Å². The van der Waals surface area contributed by atoms with Gasteiger partial charge in [0.05, 0.1) is 13.7 Å². The number of hydrogen-bond acceptors (Lipinski definition) is 5. The summed E-state index contributed by atoms with van der Waals surface area (Å²) in [6.45, 7) is 6.67. The zero-order chi connectivity index (χ0) is 14.7. The molecule has 1 saturated heterocycles. The van der Waals surface area contributed by atoms with Crippen LogP contribution < -0.4 is 5.73 Å². The summed E-state index contributed by atoms with van der Waals surface area (Å²) >= 11 is 0. The third-order valence-corrected chi connectivity index (χ3v) is 4.13. The van der Waals surface area contributed by atoms with Gasteiger partial charge in [-0.25, -0.2) is 4.79 Å². The molecule has 1 aromatic heterocycles. The monoisotopic (exact) mass is 280 g/mol. The van der Waals surface area contributed by atoms with Gasteiger partial charge >= 0.3 is 5.97 Å². The maximum atomic E-state index is 11.5. The first-order valence-electron chi connectivity index (χ1n) is 7.16. The highest BCUT2D eigenvalue weighted by atomic mass is 16.5. The van der Waals surface area contributed by atoms with Crippen molar-refractivity contribution in [1.29, 1.82) is 0 Å². The van der Waals surface area contributed by atoms with E-state index in [0.717, 1.165) is 38.2 Å². The molecule has 0 aliphatic carbocycles. The van der Waals surface area contributed by atoms with E-state index in [0.29, 0.717) is 17.2 Å². The lowest BCUT2D eigenvalue weighted by atomic mass is 9.91. The van der Waals surface area contributed by atoms with Crippen molar-refractivity contribution in [3.8, 4) is 0 Å². The van der Waals surface area contributed by atoms with Gasteiger partial charge in [-0.3, -0.25) is 4.90 Å². The maximum absolute atomic E-state index is 11.5. The van der Waals surface area contributed by atoms with Crippen LogP contribution in [0.1, 0.15) is 41.6 Å². The average molecular weight is 280 g/mol. The molecule has 0 spiro atoms. The summed E-state index contributed by atoms with van der Waals surface area (Å²) in [5.74, 6) is 1.72. The highest BCUT2D eigenvalue weighted by molar-refractivity contribution is 5.90. The normalized spacial score (nSPS) is 19.0. The number of methoxy groups -OCH3 is 1. The molecule has 1 aliphatic heterocycles. The predicted molar refractivity (Wildman–Crippen MR) is 76.4 cm³/mol. The highest BCUT2D eigenvalue weighted by Gasteiger charge is 2.23. The number of hydrogen-bond donors (Lipinski definition) is 1. The van der Waals surface area contributed by atoms with Crippen molar-refractivity contribution in [1.82, 2.24) is 4.90 Å². The van der Waals surface area contributed by atoms with Crippen LogP contribution in [0.25, 0.3) is 0 Å². The van der Waals surface area contributed by atoms with E-state index < -0.39 is 0 Å². The van der Waals surface area contributed by atoms with Gasteiger partial charge in [0.15, 0.2) is 0 Å². The van der Waals surface area contributed by atoms with E-state index in [4.69, 9.17) is 14.9 Å². The van der Waals surface area contributed by atoms with Gasteiger partial charge in [-0.1, -0.05) is 0 Å². The van der Waals surface area contributed by atoms with Crippen molar-refractivity contribution in [2.24, 2.45) is 11.7 Å².